The van der Waals surface area contributed by atoms with Crippen molar-refractivity contribution in [2.45, 2.75) is 11.1 Å². The van der Waals surface area contributed by atoms with E-state index in [1.165, 1.54) is 32.4 Å². The predicted octanol–water partition coefficient (Wildman–Crippen LogP) is 3.52. The minimum atomic E-state index is -4.63. The Kier molecular flexibility index (Phi) is 4.93. The molecule has 0 saturated carbocycles. The van der Waals surface area contributed by atoms with Crippen LogP contribution < -0.4 is 14.2 Å². The lowest BCUT2D eigenvalue weighted by Gasteiger charge is -2.13. The summed E-state index contributed by atoms with van der Waals surface area (Å²) in [6.45, 7) is 0. The molecule has 1 N–H and O–H groups in total. The van der Waals surface area contributed by atoms with Gasteiger partial charge < -0.3 is 9.47 Å². The third kappa shape index (κ3) is 4.10. The number of anilines is 1. The lowest BCUT2D eigenvalue weighted by molar-refractivity contribution is -0.137. The minimum Gasteiger partial charge on any atom is -0.497 e. The lowest BCUT2D eigenvalue weighted by Crippen LogP contribution is -2.14. The number of benzene rings is 2. The summed E-state index contributed by atoms with van der Waals surface area (Å²) < 4.78 is 75.1. The fourth-order valence-electron chi connectivity index (χ4n) is 1.92. The van der Waals surface area contributed by atoms with Crippen molar-refractivity contribution in [3.05, 3.63) is 48.0 Å². The monoisotopic (exact) mass is 361 g/mol. The van der Waals surface area contributed by atoms with Crippen molar-refractivity contribution < 1.29 is 31.1 Å². The maximum absolute atomic E-state index is 12.7. The molecule has 0 fully saturated rings. The highest BCUT2D eigenvalue weighted by Gasteiger charge is 2.31. The van der Waals surface area contributed by atoms with Crippen molar-refractivity contribution in [2.75, 3.05) is 18.9 Å². The fraction of sp³-hybridized carbons (Fsp3) is 0.200. The SMILES string of the molecule is COc1cc(NS(=O)(=O)c2cccc(C(F)(F)F)c2)cc(OC)c1. The second-order valence-corrected chi connectivity index (χ2v) is 6.41. The highest BCUT2D eigenvalue weighted by Crippen LogP contribution is 2.31. The maximum atomic E-state index is 12.7. The number of alkyl halides is 3. The van der Waals surface area contributed by atoms with Crippen LogP contribution in [-0.2, 0) is 16.2 Å². The second kappa shape index (κ2) is 6.60. The van der Waals surface area contributed by atoms with Gasteiger partial charge in [-0.05, 0) is 18.2 Å². The van der Waals surface area contributed by atoms with Gasteiger partial charge in [0.05, 0.1) is 30.4 Å². The van der Waals surface area contributed by atoms with Gasteiger partial charge in [0.25, 0.3) is 10.0 Å². The minimum absolute atomic E-state index is 0.101. The number of rotatable bonds is 5. The molecule has 130 valence electrons. The average Bonchev–Trinajstić information content (AvgIpc) is 2.53. The molecule has 0 bridgehead atoms. The molecule has 0 heterocycles. The molecule has 0 aliphatic rings. The molecule has 0 saturated heterocycles. The van der Waals surface area contributed by atoms with Crippen LogP contribution in [0.2, 0.25) is 0 Å². The standard InChI is InChI=1S/C15H14F3NO4S/c1-22-12-7-11(8-13(9-12)23-2)19-24(20,21)14-5-3-4-10(6-14)15(16,17)18/h3-9,19H,1-2H3. The van der Waals surface area contributed by atoms with Crippen LogP contribution >= 0.6 is 0 Å². The van der Waals surface area contributed by atoms with Crippen LogP contribution in [-0.4, -0.2) is 22.6 Å². The second-order valence-electron chi connectivity index (χ2n) is 4.73. The third-order valence-electron chi connectivity index (χ3n) is 3.08. The van der Waals surface area contributed by atoms with E-state index >= 15 is 0 Å². The molecule has 2 aromatic carbocycles. The lowest BCUT2D eigenvalue weighted by atomic mass is 10.2. The smallest absolute Gasteiger partial charge is 0.416 e. The van der Waals surface area contributed by atoms with E-state index in [-0.39, 0.29) is 5.69 Å². The molecule has 2 aromatic rings. The molecular formula is C15H14F3NO4S. The quantitative estimate of drug-likeness (QED) is 0.885. The zero-order chi connectivity index (χ0) is 18.0. The molecule has 2 rings (SSSR count). The Hall–Kier alpha value is -2.42. The summed E-state index contributed by atoms with van der Waals surface area (Å²) in [4.78, 5) is -0.501. The Morgan fingerprint density at radius 3 is 2.04 bits per heavy atom. The molecule has 5 nitrogen and oxygen atoms in total. The normalized spacial score (nSPS) is 11.9. The van der Waals surface area contributed by atoms with E-state index in [0.29, 0.717) is 17.6 Å². The highest BCUT2D eigenvalue weighted by atomic mass is 32.2. The van der Waals surface area contributed by atoms with E-state index in [1.54, 1.807) is 0 Å². The summed E-state index contributed by atoms with van der Waals surface area (Å²) in [5.74, 6) is 0.659. The van der Waals surface area contributed by atoms with Gasteiger partial charge in [-0.1, -0.05) is 6.07 Å². The molecule has 0 aliphatic carbocycles. The van der Waals surface area contributed by atoms with Gasteiger partial charge in [0.15, 0.2) is 0 Å². The summed E-state index contributed by atoms with van der Waals surface area (Å²) in [5.41, 5.74) is -0.947. The molecule has 0 radical (unpaired) electrons. The predicted molar refractivity (Wildman–Crippen MR) is 81.8 cm³/mol. The molecule has 0 spiro atoms. The molecule has 0 unspecified atom stereocenters. The van der Waals surface area contributed by atoms with E-state index in [9.17, 15) is 21.6 Å². The summed E-state index contributed by atoms with van der Waals surface area (Å²) >= 11 is 0. The number of methoxy groups -OCH3 is 2. The Morgan fingerprint density at radius 2 is 1.54 bits per heavy atom. The third-order valence-corrected chi connectivity index (χ3v) is 4.45. The van der Waals surface area contributed by atoms with Crippen molar-refractivity contribution in [2.24, 2.45) is 0 Å². The average molecular weight is 361 g/mol. The topological polar surface area (TPSA) is 64.6 Å². The Bertz CT molecular complexity index is 813. The van der Waals surface area contributed by atoms with Gasteiger partial charge in [-0.25, -0.2) is 8.42 Å². The first kappa shape index (κ1) is 17.9. The molecule has 9 heteroatoms. The van der Waals surface area contributed by atoms with Crippen LogP contribution in [0.25, 0.3) is 0 Å². The van der Waals surface area contributed by atoms with Crippen molar-refractivity contribution >= 4 is 15.7 Å². The van der Waals surface area contributed by atoms with Crippen molar-refractivity contribution in [3.63, 3.8) is 0 Å². The van der Waals surface area contributed by atoms with Gasteiger partial charge in [0, 0.05) is 18.2 Å². The molecular weight excluding hydrogens is 347 g/mol. The van der Waals surface area contributed by atoms with E-state index in [4.69, 9.17) is 9.47 Å². The van der Waals surface area contributed by atoms with Crippen LogP contribution in [0.15, 0.2) is 47.4 Å². The zero-order valence-electron chi connectivity index (χ0n) is 12.7. The molecule has 0 atom stereocenters. The van der Waals surface area contributed by atoms with Gasteiger partial charge in [0.2, 0.25) is 0 Å². The zero-order valence-corrected chi connectivity index (χ0v) is 13.5. The maximum Gasteiger partial charge on any atom is 0.416 e. The summed E-state index contributed by atoms with van der Waals surface area (Å²) in [6, 6.07) is 7.77. The van der Waals surface area contributed by atoms with Gasteiger partial charge in [-0.3, -0.25) is 4.72 Å². The van der Waals surface area contributed by atoms with Crippen molar-refractivity contribution in [1.82, 2.24) is 0 Å². The van der Waals surface area contributed by atoms with Crippen molar-refractivity contribution in [3.8, 4) is 11.5 Å². The van der Waals surface area contributed by atoms with Gasteiger partial charge in [-0.2, -0.15) is 13.2 Å². The van der Waals surface area contributed by atoms with E-state index < -0.39 is 26.7 Å². The van der Waals surface area contributed by atoms with E-state index in [1.807, 2.05) is 0 Å². The highest BCUT2D eigenvalue weighted by molar-refractivity contribution is 7.92. The number of hydrogen-bond acceptors (Lipinski definition) is 4. The van der Waals surface area contributed by atoms with Crippen LogP contribution in [0, 0.1) is 0 Å². The van der Waals surface area contributed by atoms with Crippen LogP contribution in [0.5, 0.6) is 11.5 Å². The summed E-state index contributed by atoms with van der Waals surface area (Å²) in [6.07, 6.45) is -4.63. The van der Waals surface area contributed by atoms with Crippen LogP contribution in [0.4, 0.5) is 18.9 Å². The van der Waals surface area contributed by atoms with Gasteiger partial charge in [0.1, 0.15) is 11.5 Å². The molecule has 0 aliphatic heterocycles. The number of nitrogens with one attached hydrogen (secondary N) is 1. The molecule has 0 aromatic heterocycles. The van der Waals surface area contributed by atoms with Crippen LogP contribution in [0.1, 0.15) is 5.56 Å². The fourth-order valence-corrected chi connectivity index (χ4v) is 3.01. The number of sulfonamides is 1. The number of ether oxygens (including phenoxy) is 2. The Balaban J connectivity index is 2.39. The Morgan fingerprint density at radius 1 is 0.958 bits per heavy atom. The molecule has 24 heavy (non-hydrogen) atoms. The first-order chi connectivity index (χ1) is 11.2. The first-order valence-electron chi connectivity index (χ1n) is 6.59. The number of hydrogen-bond donors (Lipinski definition) is 1. The number of halogens is 3. The van der Waals surface area contributed by atoms with E-state index in [2.05, 4.69) is 4.72 Å². The summed E-state index contributed by atoms with van der Waals surface area (Å²) in [7, 11) is -1.43. The van der Waals surface area contributed by atoms with Gasteiger partial charge >= 0.3 is 6.18 Å². The first-order valence-corrected chi connectivity index (χ1v) is 8.07. The van der Waals surface area contributed by atoms with Crippen molar-refractivity contribution in [1.29, 1.82) is 0 Å². The van der Waals surface area contributed by atoms with Crippen LogP contribution in [0.3, 0.4) is 0 Å². The largest absolute Gasteiger partial charge is 0.497 e. The van der Waals surface area contributed by atoms with E-state index in [0.717, 1.165) is 18.2 Å². The van der Waals surface area contributed by atoms with Gasteiger partial charge in [-0.15, -0.1) is 0 Å². The molecule has 0 amide bonds. The summed E-state index contributed by atoms with van der Waals surface area (Å²) in [5, 5.41) is 0. The Labute approximate surface area is 137 Å².